The third-order valence-electron chi connectivity index (χ3n) is 5.09. The summed E-state index contributed by atoms with van der Waals surface area (Å²) in [5, 5.41) is 10.6. The Balaban J connectivity index is 1.50. The molecular formula is C25H21N5O2S3. The second-order valence-corrected chi connectivity index (χ2v) is 10.5. The molecule has 1 aliphatic rings. The third-order valence-corrected chi connectivity index (χ3v) is 8.29. The summed E-state index contributed by atoms with van der Waals surface area (Å²) in [6.07, 6.45) is 0. The molecule has 0 unspecified atom stereocenters. The van der Waals surface area contributed by atoms with Crippen LogP contribution in [0.4, 0.5) is 11.4 Å². The van der Waals surface area contributed by atoms with Gasteiger partial charge in [-0.1, -0.05) is 23.5 Å². The van der Waals surface area contributed by atoms with Crippen LogP contribution >= 0.6 is 34.9 Å². The fourth-order valence-corrected chi connectivity index (χ4v) is 6.19. The van der Waals surface area contributed by atoms with Crippen LogP contribution in [0.25, 0.3) is 10.2 Å². The van der Waals surface area contributed by atoms with E-state index in [0.717, 1.165) is 47.7 Å². The summed E-state index contributed by atoms with van der Waals surface area (Å²) in [6.45, 7) is 0. The Labute approximate surface area is 215 Å². The second kappa shape index (κ2) is 10.5. The molecule has 5 rings (SSSR count). The van der Waals surface area contributed by atoms with Crippen molar-refractivity contribution in [3.8, 4) is 11.5 Å². The number of para-hydroxylation sites is 1. The average Bonchev–Trinajstić information content (AvgIpc) is 3.43. The molecule has 1 saturated heterocycles. The molecule has 176 valence electrons. The maximum Gasteiger partial charge on any atom is 0.211 e. The molecule has 7 nitrogen and oxygen atoms in total. The van der Waals surface area contributed by atoms with E-state index in [-0.39, 0.29) is 0 Å². The van der Waals surface area contributed by atoms with E-state index >= 15 is 0 Å². The van der Waals surface area contributed by atoms with E-state index in [0.29, 0.717) is 0 Å². The number of ether oxygens (including phenoxy) is 2. The van der Waals surface area contributed by atoms with Crippen LogP contribution in [0.3, 0.4) is 0 Å². The molecule has 3 aromatic carbocycles. The van der Waals surface area contributed by atoms with Crippen LogP contribution in [0, 0.1) is 0 Å². The molecule has 0 N–H and O–H groups in total. The Kier molecular flexibility index (Phi) is 7.03. The number of rotatable bonds is 5. The van der Waals surface area contributed by atoms with Crippen molar-refractivity contribution >= 4 is 70.9 Å². The van der Waals surface area contributed by atoms with Gasteiger partial charge in [0.1, 0.15) is 21.6 Å². The molecule has 2 heterocycles. The molecule has 1 aromatic heterocycles. The van der Waals surface area contributed by atoms with Crippen molar-refractivity contribution in [2.75, 3.05) is 14.2 Å². The number of fused-ring (bicyclic) bond motifs is 1. The molecule has 4 aromatic rings. The van der Waals surface area contributed by atoms with Crippen LogP contribution in [-0.4, -0.2) is 33.2 Å². The Morgan fingerprint density at radius 3 is 1.74 bits per heavy atom. The molecule has 0 saturated carbocycles. The van der Waals surface area contributed by atoms with Crippen LogP contribution in [0.15, 0.2) is 93.0 Å². The number of nitrogens with zero attached hydrogens (tertiary/aromatic N) is 5. The Morgan fingerprint density at radius 1 is 0.686 bits per heavy atom. The van der Waals surface area contributed by atoms with Crippen LogP contribution in [0.5, 0.6) is 11.5 Å². The van der Waals surface area contributed by atoms with Gasteiger partial charge in [0.2, 0.25) is 4.80 Å². The largest absolute Gasteiger partial charge is 0.497 e. The van der Waals surface area contributed by atoms with Crippen molar-refractivity contribution in [1.82, 2.24) is 4.57 Å². The SMILES string of the molecule is COc1ccc(N=C2SC(=N/N=c3\sc4ccccc4n3C)SC2=Nc2ccc(OC)cc2)cc1. The van der Waals surface area contributed by atoms with Gasteiger partial charge in [0.25, 0.3) is 0 Å². The zero-order chi connectivity index (χ0) is 24.2. The normalized spacial score (nSPS) is 16.4. The zero-order valence-corrected chi connectivity index (χ0v) is 21.7. The molecule has 0 amide bonds. The van der Waals surface area contributed by atoms with Gasteiger partial charge in [-0.05, 0) is 84.2 Å². The Hall–Kier alpha value is -3.34. The Morgan fingerprint density at radius 2 is 1.23 bits per heavy atom. The first kappa shape index (κ1) is 23.4. The minimum atomic E-state index is 0.766. The van der Waals surface area contributed by atoms with Gasteiger partial charge in [0.15, 0.2) is 4.38 Å². The number of aliphatic imine (C=N–C) groups is 2. The fourth-order valence-electron chi connectivity index (χ4n) is 3.27. The second-order valence-electron chi connectivity index (χ2n) is 7.31. The van der Waals surface area contributed by atoms with Crippen LogP contribution in [0.2, 0.25) is 0 Å². The summed E-state index contributed by atoms with van der Waals surface area (Å²) < 4.78 is 14.5. The highest BCUT2D eigenvalue weighted by atomic mass is 32.2. The van der Waals surface area contributed by atoms with Gasteiger partial charge in [0, 0.05) is 7.05 Å². The van der Waals surface area contributed by atoms with Crippen LogP contribution < -0.4 is 14.3 Å². The molecule has 0 bridgehead atoms. The average molecular weight is 520 g/mol. The summed E-state index contributed by atoms with van der Waals surface area (Å²) in [7, 11) is 5.29. The summed E-state index contributed by atoms with van der Waals surface area (Å²) in [5.74, 6) is 1.57. The highest BCUT2D eigenvalue weighted by Gasteiger charge is 2.26. The third kappa shape index (κ3) is 5.34. The van der Waals surface area contributed by atoms with Gasteiger partial charge in [0.05, 0.1) is 35.8 Å². The van der Waals surface area contributed by atoms with Gasteiger partial charge in [-0.3, -0.25) is 0 Å². The lowest BCUT2D eigenvalue weighted by Crippen LogP contribution is -2.09. The van der Waals surface area contributed by atoms with E-state index in [4.69, 9.17) is 19.5 Å². The number of hydrogen-bond donors (Lipinski definition) is 0. The first-order chi connectivity index (χ1) is 17.1. The number of benzene rings is 3. The van der Waals surface area contributed by atoms with E-state index < -0.39 is 0 Å². The molecule has 10 heteroatoms. The van der Waals surface area contributed by atoms with Gasteiger partial charge >= 0.3 is 0 Å². The first-order valence-electron chi connectivity index (χ1n) is 10.6. The smallest absolute Gasteiger partial charge is 0.211 e. The van der Waals surface area contributed by atoms with Gasteiger partial charge in [-0.25, -0.2) is 9.98 Å². The van der Waals surface area contributed by atoms with E-state index in [1.165, 1.54) is 28.2 Å². The number of hydrogen-bond acceptors (Lipinski definition) is 9. The maximum absolute atomic E-state index is 5.26. The van der Waals surface area contributed by atoms with Crippen LogP contribution in [0.1, 0.15) is 0 Å². The standard InChI is InChI=1S/C25H21N5O2S3/c1-30-20-6-4-5-7-21(20)33-24(30)28-29-25-34-22(26-16-8-12-18(31-2)13-9-16)23(35-25)27-17-10-14-19(32-3)15-11-17/h4-15H,1-3H3/b26-22?,27-23?,28-24-,29-25?. The number of aryl methyl sites for hydroxylation is 1. The van der Waals surface area contributed by atoms with E-state index in [1.807, 2.05) is 72.3 Å². The summed E-state index contributed by atoms with van der Waals surface area (Å²) in [5.41, 5.74) is 2.75. The lowest BCUT2D eigenvalue weighted by molar-refractivity contribution is 0.415. The van der Waals surface area contributed by atoms with Crippen molar-refractivity contribution in [3.05, 3.63) is 77.6 Å². The lowest BCUT2D eigenvalue weighted by Gasteiger charge is -2.02. The highest BCUT2D eigenvalue weighted by Crippen LogP contribution is 2.35. The van der Waals surface area contributed by atoms with Gasteiger partial charge in [-0.2, -0.15) is 0 Å². The topological polar surface area (TPSA) is 72.8 Å². The van der Waals surface area contributed by atoms with Crippen molar-refractivity contribution in [3.63, 3.8) is 0 Å². The maximum atomic E-state index is 5.26. The van der Waals surface area contributed by atoms with Crippen molar-refractivity contribution in [1.29, 1.82) is 0 Å². The van der Waals surface area contributed by atoms with E-state index in [9.17, 15) is 0 Å². The predicted octanol–water partition coefficient (Wildman–Crippen LogP) is 6.37. The quantitative estimate of drug-likeness (QED) is 0.287. The minimum Gasteiger partial charge on any atom is -0.497 e. The molecule has 35 heavy (non-hydrogen) atoms. The van der Waals surface area contributed by atoms with Crippen LogP contribution in [-0.2, 0) is 7.05 Å². The van der Waals surface area contributed by atoms with Gasteiger partial charge in [-0.15, -0.1) is 10.2 Å². The highest BCUT2D eigenvalue weighted by molar-refractivity contribution is 8.57. The predicted molar refractivity (Wildman–Crippen MR) is 149 cm³/mol. The molecule has 0 atom stereocenters. The fraction of sp³-hybridized carbons (Fsp3) is 0.120. The van der Waals surface area contributed by atoms with E-state index in [2.05, 4.69) is 22.3 Å². The monoisotopic (exact) mass is 519 g/mol. The summed E-state index contributed by atoms with van der Waals surface area (Å²) in [4.78, 5) is 10.5. The van der Waals surface area contributed by atoms with E-state index in [1.54, 1.807) is 25.6 Å². The number of thioether (sulfide) groups is 2. The molecule has 0 aliphatic carbocycles. The van der Waals surface area contributed by atoms with Crippen molar-refractivity contribution in [2.45, 2.75) is 0 Å². The van der Waals surface area contributed by atoms with Crippen molar-refractivity contribution in [2.24, 2.45) is 27.2 Å². The number of aromatic nitrogens is 1. The molecule has 1 aliphatic heterocycles. The molecule has 1 fully saturated rings. The number of thiazole rings is 1. The first-order valence-corrected chi connectivity index (χ1v) is 13.1. The zero-order valence-electron chi connectivity index (χ0n) is 19.2. The minimum absolute atomic E-state index is 0.766. The summed E-state index contributed by atoms with van der Waals surface area (Å²) >= 11 is 4.53. The van der Waals surface area contributed by atoms with Crippen molar-refractivity contribution < 1.29 is 9.47 Å². The lowest BCUT2D eigenvalue weighted by atomic mass is 10.3. The summed E-state index contributed by atoms with van der Waals surface area (Å²) in [6, 6.07) is 23.4. The molecule has 0 spiro atoms. The number of methoxy groups -OCH3 is 2. The molecular weight excluding hydrogens is 499 g/mol. The Bertz CT molecular complexity index is 1450. The molecule has 0 radical (unpaired) electrons. The van der Waals surface area contributed by atoms with Gasteiger partial charge < -0.3 is 14.0 Å².